The van der Waals surface area contributed by atoms with Crippen LogP contribution in [-0.2, 0) is 6.16 Å². The Morgan fingerprint density at radius 1 is 0.655 bits per heavy atom. The number of benzene rings is 4. The molecule has 3 heteroatoms. The van der Waals surface area contributed by atoms with Crippen molar-refractivity contribution < 1.29 is 4.39 Å². The number of halogens is 1. The predicted octanol–water partition coefficient (Wildman–Crippen LogP) is 5.19. The van der Waals surface area contributed by atoms with Crippen LogP contribution < -0.4 is 15.9 Å². The second kappa shape index (κ2) is 8.39. The first-order valence-corrected chi connectivity index (χ1v) is 11.4. The van der Waals surface area contributed by atoms with Crippen LogP contribution >= 0.6 is 7.26 Å². The molecule has 4 aromatic rings. The zero-order valence-corrected chi connectivity index (χ0v) is 16.8. The third-order valence-electron chi connectivity index (χ3n) is 5.16. The molecule has 0 unspecified atom stereocenters. The maximum absolute atomic E-state index is 14.4. The molecule has 0 saturated heterocycles. The van der Waals surface area contributed by atoms with E-state index in [4.69, 9.17) is 5.26 Å². The van der Waals surface area contributed by atoms with Gasteiger partial charge in [-0.3, -0.25) is 0 Å². The summed E-state index contributed by atoms with van der Waals surface area (Å²) in [6, 6.07) is 38.4. The van der Waals surface area contributed by atoms with E-state index in [1.165, 1.54) is 22.0 Å². The van der Waals surface area contributed by atoms with Crippen LogP contribution in [0.5, 0.6) is 0 Å². The Balaban J connectivity index is 1.98. The second-order valence-corrected chi connectivity index (χ2v) is 10.4. The maximum atomic E-state index is 14.4. The summed E-state index contributed by atoms with van der Waals surface area (Å²) in [5, 5.41) is 12.8. The number of hydrogen-bond acceptors (Lipinski definition) is 1. The molecule has 0 bridgehead atoms. The van der Waals surface area contributed by atoms with Crippen molar-refractivity contribution in [2.75, 3.05) is 0 Å². The minimum absolute atomic E-state index is 0.0804. The van der Waals surface area contributed by atoms with Crippen molar-refractivity contribution in [1.29, 1.82) is 5.26 Å². The quantitative estimate of drug-likeness (QED) is 0.426. The summed E-state index contributed by atoms with van der Waals surface area (Å²) < 4.78 is 14.4. The summed E-state index contributed by atoms with van der Waals surface area (Å²) in [6.45, 7) is 0. The van der Waals surface area contributed by atoms with E-state index in [0.29, 0.717) is 6.16 Å². The Morgan fingerprint density at radius 3 is 1.48 bits per heavy atom. The molecule has 0 atom stereocenters. The highest BCUT2D eigenvalue weighted by molar-refractivity contribution is 7.95. The van der Waals surface area contributed by atoms with Gasteiger partial charge in [0, 0.05) is 0 Å². The first-order valence-electron chi connectivity index (χ1n) is 9.47. The molecule has 29 heavy (non-hydrogen) atoms. The van der Waals surface area contributed by atoms with E-state index in [-0.39, 0.29) is 5.56 Å². The number of nitrogens with zero attached hydrogens (tertiary/aromatic N) is 1. The standard InChI is InChI=1S/C26H20FNP/c27-26-18-21(16-17-22(26)19-28)20-29(23-10-4-1-5-11-23,24-12-6-2-7-13-24)25-14-8-3-9-15-25/h1-18H,20H2/q+1. The van der Waals surface area contributed by atoms with E-state index in [2.05, 4.69) is 72.8 Å². The van der Waals surface area contributed by atoms with Crippen molar-refractivity contribution in [2.45, 2.75) is 6.16 Å². The normalized spacial score (nSPS) is 11.0. The van der Waals surface area contributed by atoms with Gasteiger partial charge < -0.3 is 0 Å². The lowest BCUT2D eigenvalue weighted by molar-refractivity contribution is 0.622. The van der Waals surface area contributed by atoms with Gasteiger partial charge in [0.25, 0.3) is 0 Å². The van der Waals surface area contributed by atoms with Crippen LogP contribution in [0.4, 0.5) is 4.39 Å². The van der Waals surface area contributed by atoms with Gasteiger partial charge >= 0.3 is 0 Å². The lowest BCUT2D eigenvalue weighted by Crippen LogP contribution is -2.32. The average Bonchev–Trinajstić information content (AvgIpc) is 2.79. The molecular weight excluding hydrogens is 376 g/mol. The molecule has 0 radical (unpaired) electrons. The summed E-state index contributed by atoms with van der Waals surface area (Å²) >= 11 is 0. The highest BCUT2D eigenvalue weighted by Gasteiger charge is 2.45. The monoisotopic (exact) mass is 396 g/mol. The Bertz CT molecular complexity index is 1040. The smallest absolute Gasteiger partial charge is 0.141 e. The topological polar surface area (TPSA) is 23.8 Å². The van der Waals surface area contributed by atoms with Gasteiger partial charge in [-0.15, -0.1) is 0 Å². The zero-order valence-electron chi connectivity index (χ0n) is 15.9. The molecule has 0 N–H and O–H groups in total. The first-order chi connectivity index (χ1) is 14.2. The van der Waals surface area contributed by atoms with Gasteiger partial charge in [-0.25, -0.2) is 4.39 Å². The van der Waals surface area contributed by atoms with Crippen molar-refractivity contribution >= 4 is 23.2 Å². The van der Waals surface area contributed by atoms with Crippen molar-refractivity contribution in [1.82, 2.24) is 0 Å². The minimum atomic E-state index is -2.07. The molecule has 4 rings (SSSR count). The number of nitriles is 1. The van der Waals surface area contributed by atoms with E-state index < -0.39 is 13.1 Å². The zero-order chi connectivity index (χ0) is 20.1. The van der Waals surface area contributed by atoms with E-state index in [0.717, 1.165) is 5.56 Å². The first kappa shape index (κ1) is 19.1. The SMILES string of the molecule is N#Cc1ccc(C[P+](c2ccccc2)(c2ccccc2)c2ccccc2)cc1F. The highest BCUT2D eigenvalue weighted by atomic mass is 31.2. The Kier molecular flexibility index (Phi) is 5.52. The van der Waals surface area contributed by atoms with E-state index in [1.807, 2.05) is 30.3 Å². The molecule has 0 fully saturated rings. The van der Waals surface area contributed by atoms with Crippen LogP contribution in [0.1, 0.15) is 11.1 Å². The highest BCUT2D eigenvalue weighted by Crippen LogP contribution is 2.58. The van der Waals surface area contributed by atoms with Gasteiger partial charge in [-0.2, -0.15) is 5.26 Å². The van der Waals surface area contributed by atoms with Gasteiger partial charge in [0.2, 0.25) is 0 Å². The molecule has 4 aromatic carbocycles. The van der Waals surface area contributed by atoms with Crippen molar-refractivity contribution in [3.8, 4) is 6.07 Å². The molecular formula is C26H20FNP+. The van der Waals surface area contributed by atoms with E-state index in [9.17, 15) is 4.39 Å². The Labute approximate surface area is 171 Å². The van der Waals surface area contributed by atoms with Crippen LogP contribution in [0.15, 0.2) is 109 Å². The number of hydrogen-bond donors (Lipinski definition) is 0. The van der Waals surface area contributed by atoms with Crippen LogP contribution in [0, 0.1) is 17.1 Å². The van der Waals surface area contributed by atoms with E-state index in [1.54, 1.807) is 6.07 Å². The van der Waals surface area contributed by atoms with Crippen molar-refractivity contribution in [3.05, 3.63) is 126 Å². The van der Waals surface area contributed by atoms with E-state index >= 15 is 0 Å². The lowest BCUT2D eigenvalue weighted by Gasteiger charge is -2.27. The Hall–Kier alpha value is -3.27. The summed E-state index contributed by atoms with van der Waals surface area (Å²) in [5.74, 6) is -0.461. The third kappa shape index (κ3) is 3.70. The van der Waals surface area contributed by atoms with Crippen LogP contribution in [0.2, 0.25) is 0 Å². The molecule has 1 nitrogen and oxygen atoms in total. The van der Waals surface area contributed by atoms with Crippen molar-refractivity contribution in [2.24, 2.45) is 0 Å². The van der Waals surface area contributed by atoms with Crippen LogP contribution in [0.3, 0.4) is 0 Å². The fraction of sp³-hybridized carbons (Fsp3) is 0.0385. The summed E-state index contributed by atoms with van der Waals surface area (Å²) in [5.41, 5.74) is 0.975. The van der Waals surface area contributed by atoms with Crippen molar-refractivity contribution in [3.63, 3.8) is 0 Å². The maximum Gasteiger partial charge on any atom is 0.141 e. The fourth-order valence-electron chi connectivity index (χ4n) is 3.79. The van der Waals surface area contributed by atoms with Crippen LogP contribution in [-0.4, -0.2) is 0 Å². The average molecular weight is 396 g/mol. The predicted molar refractivity (Wildman–Crippen MR) is 120 cm³/mol. The van der Waals surface area contributed by atoms with Crippen LogP contribution in [0.25, 0.3) is 0 Å². The third-order valence-corrected chi connectivity index (χ3v) is 9.54. The second-order valence-electron chi connectivity index (χ2n) is 6.90. The molecule has 0 saturated carbocycles. The summed E-state index contributed by atoms with van der Waals surface area (Å²) in [6.07, 6.45) is 0.688. The molecule has 0 heterocycles. The molecule has 0 aliphatic carbocycles. The number of rotatable bonds is 5. The Morgan fingerprint density at radius 2 is 1.10 bits per heavy atom. The van der Waals surface area contributed by atoms with Gasteiger partial charge in [-0.1, -0.05) is 60.7 Å². The molecule has 140 valence electrons. The summed E-state index contributed by atoms with van der Waals surface area (Å²) in [7, 11) is -2.07. The van der Waals surface area contributed by atoms with Gasteiger partial charge in [-0.05, 0) is 54.1 Å². The molecule has 0 spiro atoms. The van der Waals surface area contributed by atoms with Gasteiger partial charge in [0.05, 0.1) is 11.7 Å². The molecule has 0 aromatic heterocycles. The largest absolute Gasteiger partial charge is 0.206 e. The van der Waals surface area contributed by atoms with Gasteiger partial charge in [0.15, 0.2) is 0 Å². The minimum Gasteiger partial charge on any atom is -0.206 e. The fourth-order valence-corrected chi connectivity index (χ4v) is 8.02. The molecule has 0 aliphatic heterocycles. The molecule has 0 aliphatic rings. The molecule has 0 amide bonds. The van der Waals surface area contributed by atoms with Gasteiger partial charge in [0.1, 0.15) is 35.1 Å². The summed E-state index contributed by atoms with van der Waals surface area (Å²) in [4.78, 5) is 0. The lowest BCUT2D eigenvalue weighted by atomic mass is 10.1.